The Morgan fingerprint density at radius 3 is 2.03 bits per heavy atom. The molecular weight excluding hydrogens is 372 g/mol. The lowest BCUT2D eigenvalue weighted by molar-refractivity contribution is -0.150. The van der Waals surface area contributed by atoms with Crippen LogP contribution in [0, 0.1) is 11.8 Å². The van der Waals surface area contributed by atoms with Crippen LogP contribution in [0.1, 0.15) is 98.3 Å². The van der Waals surface area contributed by atoms with Crippen LogP contribution in [0.25, 0.3) is 0 Å². The first-order valence-corrected chi connectivity index (χ1v) is 11.4. The minimum absolute atomic E-state index is 0.103. The fourth-order valence-corrected chi connectivity index (χ4v) is 2.69. The van der Waals surface area contributed by atoms with Gasteiger partial charge in [-0.25, -0.2) is 0 Å². The Morgan fingerprint density at radius 1 is 0.724 bits per heavy atom. The molecule has 0 heterocycles. The van der Waals surface area contributed by atoms with E-state index in [1.807, 2.05) is 13.8 Å². The quantitative estimate of drug-likeness (QED) is 0.174. The van der Waals surface area contributed by atoms with Gasteiger partial charge in [-0.1, -0.05) is 47.0 Å². The summed E-state index contributed by atoms with van der Waals surface area (Å²) in [4.78, 5) is 34.9. The predicted molar refractivity (Wildman–Crippen MR) is 113 cm³/mol. The second-order valence-corrected chi connectivity index (χ2v) is 7.71. The largest absolute Gasteiger partial charge is 0.466 e. The van der Waals surface area contributed by atoms with Crippen molar-refractivity contribution in [2.75, 3.05) is 19.8 Å². The van der Waals surface area contributed by atoms with E-state index in [0.29, 0.717) is 32.0 Å². The van der Waals surface area contributed by atoms with Crippen LogP contribution in [-0.2, 0) is 28.6 Å². The van der Waals surface area contributed by atoms with Crippen molar-refractivity contribution in [1.29, 1.82) is 0 Å². The van der Waals surface area contributed by atoms with E-state index in [-0.39, 0.29) is 36.9 Å². The molecule has 0 amide bonds. The van der Waals surface area contributed by atoms with Gasteiger partial charge in [0.2, 0.25) is 0 Å². The van der Waals surface area contributed by atoms with Crippen molar-refractivity contribution in [3.8, 4) is 0 Å². The Bertz CT molecular complexity index is 449. The third-order valence-electron chi connectivity index (χ3n) is 5.10. The summed E-state index contributed by atoms with van der Waals surface area (Å²) in [7, 11) is 0. The number of carbonyl (C=O) groups is 3. The highest BCUT2D eigenvalue weighted by Crippen LogP contribution is 2.13. The van der Waals surface area contributed by atoms with Crippen LogP contribution in [0.4, 0.5) is 0 Å². The summed E-state index contributed by atoms with van der Waals surface area (Å²) in [5, 5.41) is 0. The highest BCUT2D eigenvalue weighted by molar-refractivity contribution is 5.72. The van der Waals surface area contributed by atoms with Crippen LogP contribution in [0.2, 0.25) is 0 Å². The van der Waals surface area contributed by atoms with Gasteiger partial charge in [0.1, 0.15) is 0 Å². The molecule has 0 N–H and O–H groups in total. The number of carbonyl (C=O) groups excluding carboxylic acids is 3. The first-order valence-electron chi connectivity index (χ1n) is 11.4. The van der Waals surface area contributed by atoms with Crippen LogP contribution in [-0.4, -0.2) is 37.7 Å². The molecule has 0 saturated carbocycles. The zero-order chi connectivity index (χ0) is 21.9. The van der Waals surface area contributed by atoms with Gasteiger partial charge < -0.3 is 14.2 Å². The molecule has 170 valence electrons. The molecule has 0 bridgehead atoms. The van der Waals surface area contributed by atoms with Crippen molar-refractivity contribution in [2.45, 2.75) is 98.3 Å². The Labute approximate surface area is 177 Å². The van der Waals surface area contributed by atoms with E-state index in [9.17, 15) is 14.4 Å². The van der Waals surface area contributed by atoms with E-state index in [4.69, 9.17) is 14.2 Å². The van der Waals surface area contributed by atoms with Gasteiger partial charge >= 0.3 is 17.9 Å². The van der Waals surface area contributed by atoms with E-state index in [1.54, 1.807) is 0 Å². The van der Waals surface area contributed by atoms with Crippen molar-refractivity contribution in [1.82, 2.24) is 0 Å². The van der Waals surface area contributed by atoms with E-state index >= 15 is 0 Å². The molecule has 0 spiro atoms. The Kier molecular flexibility index (Phi) is 17.4. The maximum Gasteiger partial charge on any atom is 0.308 e. The molecule has 0 saturated heterocycles. The third-order valence-corrected chi connectivity index (χ3v) is 5.10. The first kappa shape index (κ1) is 27.4. The minimum atomic E-state index is -0.276. The van der Waals surface area contributed by atoms with Gasteiger partial charge in [0.05, 0.1) is 25.7 Å². The van der Waals surface area contributed by atoms with E-state index < -0.39 is 0 Å². The summed E-state index contributed by atoms with van der Waals surface area (Å²) in [6.45, 7) is 9.19. The highest BCUT2D eigenvalue weighted by atomic mass is 16.5. The molecule has 6 nitrogen and oxygen atoms in total. The summed E-state index contributed by atoms with van der Waals surface area (Å²) >= 11 is 0. The maximum atomic E-state index is 11.8. The molecule has 0 aliphatic carbocycles. The van der Waals surface area contributed by atoms with Crippen molar-refractivity contribution in [3.05, 3.63) is 0 Å². The number of rotatable bonds is 18. The van der Waals surface area contributed by atoms with Crippen molar-refractivity contribution in [2.24, 2.45) is 11.8 Å². The molecule has 0 aromatic rings. The summed E-state index contributed by atoms with van der Waals surface area (Å²) in [5.41, 5.74) is 0. The van der Waals surface area contributed by atoms with Crippen molar-refractivity contribution in [3.63, 3.8) is 0 Å². The first-order chi connectivity index (χ1) is 13.9. The maximum absolute atomic E-state index is 11.8. The Morgan fingerprint density at radius 2 is 1.38 bits per heavy atom. The van der Waals surface area contributed by atoms with Gasteiger partial charge in [0.25, 0.3) is 0 Å². The van der Waals surface area contributed by atoms with Crippen LogP contribution < -0.4 is 0 Å². The molecular formula is C23H42O6. The smallest absolute Gasteiger partial charge is 0.308 e. The summed E-state index contributed by atoms with van der Waals surface area (Å²) in [5.74, 6) is -0.263. The molecule has 0 radical (unpaired) electrons. The summed E-state index contributed by atoms with van der Waals surface area (Å²) in [6, 6.07) is 0. The van der Waals surface area contributed by atoms with E-state index in [2.05, 4.69) is 13.8 Å². The standard InChI is InChI=1S/C23H42O6/c1-5-8-13-20(7-3)18-29-22(25)14-10-9-11-16-27-21(24)15-12-17-28-23(26)19(4)6-2/h19-20H,5-18H2,1-4H3. The minimum Gasteiger partial charge on any atom is -0.466 e. The number of ether oxygens (including phenoxy) is 3. The molecule has 0 fully saturated rings. The van der Waals surface area contributed by atoms with Gasteiger partial charge in [0, 0.05) is 12.8 Å². The Balaban J connectivity index is 3.58. The lowest BCUT2D eigenvalue weighted by Crippen LogP contribution is -2.15. The van der Waals surface area contributed by atoms with Gasteiger partial charge in [-0.3, -0.25) is 14.4 Å². The zero-order valence-corrected chi connectivity index (χ0v) is 19.0. The molecule has 0 aromatic heterocycles. The Hall–Kier alpha value is -1.59. The molecule has 0 aliphatic heterocycles. The average molecular weight is 415 g/mol. The summed E-state index contributed by atoms with van der Waals surface area (Å²) < 4.78 is 15.6. The normalized spacial score (nSPS) is 12.8. The SMILES string of the molecule is CCCCC(CC)COC(=O)CCCCCOC(=O)CCCOC(=O)C(C)CC. The van der Waals surface area contributed by atoms with Gasteiger partial charge in [-0.05, 0) is 44.4 Å². The summed E-state index contributed by atoms with van der Waals surface area (Å²) in [6.07, 6.45) is 8.69. The van der Waals surface area contributed by atoms with Crippen LogP contribution in [0.5, 0.6) is 0 Å². The molecule has 6 heteroatoms. The molecule has 2 unspecified atom stereocenters. The highest BCUT2D eigenvalue weighted by Gasteiger charge is 2.12. The molecule has 0 aliphatic rings. The van der Waals surface area contributed by atoms with Crippen molar-refractivity contribution < 1.29 is 28.6 Å². The number of hydrogen-bond donors (Lipinski definition) is 0. The zero-order valence-electron chi connectivity index (χ0n) is 19.0. The topological polar surface area (TPSA) is 78.9 Å². The predicted octanol–water partition coefficient (Wildman–Crippen LogP) is 5.22. The number of hydrogen-bond acceptors (Lipinski definition) is 6. The second-order valence-electron chi connectivity index (χ2n) is 7.71. The lowest BCUT2D eigenvalue weighted by Gasteiger charge is -2.14. The fourth-order valence-electron chi connectivity index (χ4n) is 2.69. The van der Waals surface area contributed by atoms with Gasteiger partial charge in [-0.2, -0.15) is 0 Å². The molecule has 0 rings (SSSR count). The van der Waals surface area contributed by atoms with Crippen LogP contribution >= 0.6 is 0 Å². The van der Waals surface area contributed by atoms with E-state index in [0.717, 1.165) is 38.5 Å². The second kappa shape index (κ2) is 18.4. The number of unbranched alkanes of at least 4 members (excludes halogenated alkanes) is 3. The van der Waals surface area contributed by atoms with Crippen LogP contribution in [0.15, 0.2) is 0 Å². The van der Waals surface area contributed by atoms with Gasteiger partial charge in [0.15, 0.2) is 0 Å². The molecule has 29 heavy (non-hydrogen) atoms. The third kappa shape index (κ3) is 16.0. The average Bonchev–Trinajstić information content (AvgIpc) is 2.72. The molecule has 0 aromatic carbocycles. The van der Waals surface area contributed by atoms with Crippen molar-refractivity contribution >= 4 is 17.9 Å². The van der Waals surface area contributed by atoms with Gasteiger partial charge in [-0.15, -0.1) is 0 Å². The van der Waals surface area contributed by atoms with Crippen LogP contribution in [0.3, 0.4) is 0 Å². The monoisotopic (exact) mass is 414 g/mol. The number of esters is 3. The fraction of sp³-hybridized carbons (Fsp3) is 0.870. The lowest BCUT2D eigenvalue weighted by atomic mass is 10.0. The van der Waals surface area contributed by atoms with E-state index in [1.165, 1.54) is 12.8 Å². The molecule has 2 atom stereocenters.